The number of nitrogens with two attached hydrogens (primary N) is 1. The second-order valence-corrected chi connectivity index (χ2v) is 9.25. The van der Waals surface area contributed by atoms with E-state index in [1.54, 1.807) is 35.6 Å². The Balaban J connectivity index is 1.36. The average Bonchev–Trinajstić information content (AvgIpc) is 3.15. The Morgan fingerprint density at radius 1 is 1.16 bits per heavy atom. The van der Waals surface area contributed by atoms with Gasteiger partial charge in [0.15, 0.2) is 12.4 Å². The first-order valence-electron chi connectivity index (χ1n) is 10.8. The van der Waals surface area contributed by atoms with Gasteiger partial charge in [0.25, 0.3) is 0 Å². The van der Waals surface area contributed by atoms with Crippen molar-refractivity contribution in [3.05, 3.63) is 51.7 Å². The normalized spacial score (nSPS) is 13.1. The van der Waals surface area contributed by atoms with Gasteiger partial charge in [-0.15, -0.1) is 11.3 Å². The van der Waals surface area contributed by atoms with Gasteiger partial charge in [0.1, 0.15) is 10.6 Å². The molecular formula is C23H27N5O3S. The molecule has 2 heterocycles. The number of rotatable bonds is 6. The highest BCUT2D eigenvalue weighted by Gasteiger charge is 2.20. The smallest absolute Gasteiger partial charge is 0.338 e. The van der Waals surface area contributed by atoms with Crippen molar-refractivity contribution >= 4 is 39.4 Å². The second kappa shape index (κ2) is 9.52. The Hall–Kier alpha value is -3.20. The van der Waals surface area contributed by atoms with Crippen LogP contribution in [0.2, 0.25) is 0 Å². The Kier molecular flexibility index (Phi) is 6.55. The molecule has 0 bridgehead atoms. The number of ether oxygens (including phenoxy) is 1. The first-order chi connectivity index (χ1) is 15.4. The van der Waals surface area contributed by atoms with E-state index < -0.39 is 5.97 Å². The summed E-state index contributed by atoms with van der Waals surface area (Å²) in [6.45, 7) is 4.11. The summed E-state index contributed by atoms with van der Waals surface area (Å²) < 4.78 is 5.41. The molecular weight excluding hydrogens is 426 g/mol. The van der Waals surface area contributed by atoms with E-state index in [-0.39, 0.29) is 18.7 Å². The summed E-state index contributed by atoms with van der Waals surface area (Å²) in [5.41, 5.74) is 8.80. The summed E-state index contributed by atoms with van der Waals surface area (Å²) in [6.07, 6.45) is 4.44. The number of thiophene rings is 1. The summed E-state index contributed by atoms with van der Waals surface area (Å²) in [7, 11) is 0. The van der Waals surface area contributed by atoms with Crippen molar-refractivity contribution in [3.8, 4) is 0 Å². The predicted molar refractivity (Wildman–Crippen MR) is 125 cm³/mol. The summed E-state index contributed by atoms with van der Waals surface area (Å²) in [4.78, 5) is 35.3. The van der Waals surface area contributed by atoms with Crippen LogP contribution in [0.1, 0.15) is 58.9 Å². The number of nitrogen functional groups attached to an aromatic ring is 1. The maximum atomic E-state index is 12.4. The number of fused-ring (bicyclic) bond motifs is 3. The van der Waals surface area contributed by atoms with Crippen molar-refractivity contribution in [2.24, 2.45) is 0 Å². The molecule has 32 heavy (non-hydrogen) atoms. The highest BCUT2D eigenvalue weighted by atomic mass is 32.1. The molecule has 0 unspecified atom stereocenters. The lowest BCUT2D eigenvalue weighted by Gasteiger charge is -2.11. The molecule has 4 N–H and O–H groups in total. The van der Waals surface area contributed by atoms with Gasteiger partial charge in [-0.05, 0) is 62.8 Å². The molecule has 0 saturated carbocycles. The maximum absolute atomic E-state index is 12.4. The molecule has 0 radical (unpaired) electrons. The van der Waals surface area contributed by atoms with E-state index in [0.29, 0.717) is 23.8 Å². The molecule has 168 valence electrons. The Bertz CT molecular complexity index is 1140. The Labute approximate surface area is 190 Å². The highest BCUT2D eigenvalue weighted by molar-refractivity contribution is 7.19. The van der Waals surface area contributed by atoms with E-state index >= 15 is 0 Å². The SMILES string of the molecule is CC(C)NC(=O)NCc1ccc(C(=O)OCc2nc(N)c3c4c(sc3n2)CCCC4)cc1. The Morgan fingerprint density at radius 3 is 2.66 bits per heavy atom. The van der Waals surface area contributed by atoms with Crippen LogP contribution >= 0.6 is 11.3 Å². The van der Waals surface area contributed by atoms with Crippen LogP contribution in [0, 0.1) is 0 Å². The van der Waals surface area contributed by atoms with Gasteiger partial charge in [-0.3, -0.25) is 0 Å². The highest BCUT2D eigenvalue weighted by Crippen LogP contribution is 2.37. The molecule has 2 aromatic heterocycles. The first kappa shape index (κ1) is 22.0. The van der Waals surface area contributed by atoms with Crippen LogP contribution in [0.25, 0.3) is 10.2 Å². The lowest BCUT2D eigenvalue weighted by molar-refractivity contribution is 0.0462. The molecule has 3 aromatic rings. The topological polar surface area (TPSA) is 119 Å². The van der Waals surface area contributed by atoms with Gasteiger partial charge in [-0.25, -0.2) is 19.6 Å². The molecule has 0 spiro atoms. The maximum Gasteiger partial charge on any atom is 0.338 e. The standard InChI is InChI=1S/C23H27N5O3S/c1-13(2)26-23(30)25-11-14-7-9-15(10-8-14)22(29)31-12-18-27-20(24)19-16-5-3-4-6-17(16)32-21(19)28-18/h7-10,13H,3-6,11-12H2,1-2H3,(H2,24,27,28)(H2,25,26,30). The van der Waals surface area contributed by atoms with Crippen LogP contribution in [0.15, 0.2) is 24.3 Å². The summed E-state index contributed by atoms with van der Waals surface area (Å²) in [6, 6.07) is 6.74. The van der Waals surface area contributed by atoms with Gasteiger partial charge in [-0.1, -0.05) is 12.1 Å². The lowest BCUT2D eigenvalue weighted by atomic mass is 9.97. The fourth-order valence-corrected chi connectivity index (χ4v) is 5.05. The van der Waals surface area contributed by atoms with E-state index in [1.165, 1.54) is 16.9 Å². The zero-order valence-electron chi connectivity index (χ0n) is 18.2. The van der Waals surface area contributed by atoms with E-state index in [1.807, 2.05) is 13.8 Å². The van der Waals surface area contributed by atoms with Gasteiger partial charge in [0.2, 0.25) is 0 Å². The third-order valence-electron chi connectivity index (χ3n) is 5.28. The summed E-state index contributed by atoms with van der Waals surface area (Å²) in [5.74, 6) is 0.396. The third-order valence-corrected chi connectivity index (χ3v) is 6.47. The molecule has 1 aromatic carbocycles. The lowest BCUT2D eigenvalue weighted by Crippen LogP contribution is -2.39. The molecule has 0 fully saturated rings. The van der Waals surface area contributed by atoms with Crippen LogP contribution < -0.4 is 16.4 Å². The van der Waals surface area contributed by atoms with E-state index in [4.69, 9.17) is 10.5 Å². The average molecular weight is 454 g/mol. The number of nitrogens with one attached hydrogen (secondary N) is 2. The monoisotopic (exact) mass is 453 g/mol. The predicted octanol–water partition coefficient (Wildman–Crippen LogP) is 3.72. The number of benzene rings is 1. The van der Waals surface area contributed by atoms with Crippen LogP contribution in [0.4, 0.5) is 10.6 Å². The molecule has 9 heteroatoms. The number of aromatic nitrogens is 2. The molecule has 8 nitrogen and oxygen atoms in total. The van der Waals surface area contributed by atoms with Gasteiger partial charge >= 0.3 is 12.0 Å². The number of hydrogen-bond acceptors (Lipinski definition) is 7. The van der Waals surface area contributed by atoms with Crippen LogP contribution in [0.5, 0.6) is 0 Å². The molecule has 0 atom stereocenters. The molecule has 0 saturated heterocycles. The third kappa shape index (κ3) is 4.99. The molecule has 1 aliphatic rings. The number of anilines is 1. The first-order valence-corrected chi connectivity index (χ1v) is 11.6. The molecule has 1 aliphatic carbocycles. The quantitative estimate of drug-likeness (QED) is 0.490. The van der Waals surface area contributed by atoms with Crippen molar-refractivity contribution in [1.29, 1.82) is 0 Å². The minimum atomic E-state index is -0.463. The number of carbonyl (C=O) groups excluding carboxylic acids is 2. The van der Waals surface area contributed by atoms with E-state index in [0.717, 1.165) is 35.0 Å². The van der Waals surface area contributed by atoms with Gasteiger partial charge in [-0.2, -0.15) is 0 Å². The number of hydrogen-bond donors (Lipinski definition) is 3. The van der Waals surface area contributed by atoms with Gasteiger partial charge in [0.05, 0.1) is 10.9 Å². The van der Waals surface area contributed by atoms with E-state index in [2.05, 4.69) is 20.6 Å². The number of aryl methyl sites for hydroxylation is 2. The zero-order chi connectivity index (χ0) is 22.7. The van der Waals surface area contributed by atoms with Crippen LogP contribution in [0.3, 0.4) is 0 Å². The van der Waals surface area contributed by atoms with Crippen LogP contribution in [-0.2, 0) is 30.7 Å². The largest absolute Gasteiger partial charge is 0.454 e. The van der Waals surface area contributed by atoms with Crippen LogP contribution in [-0.4, -0.2) is 28.0 Å². The van der Waals surface area contributed by atoms with Gasteiger partial charge < -0.3 is 21.1 Å². The molecule has 0 aliphatic heterocycles. The molecule has 4 rings (SSSR count). The van der Waals surface area contributed by atoms with Crippen molar-refractivity contribution in [2.75, 3.05) is 5.73 Å². The molecule has 2 amide bonds. The zero-order valence-corrected chi connectivity index (χ0v) is 19.1. The number of esters is 1. The fourth-order valence-electron chi connectivity index (χ4n) is 3.76. The number of nitrogens with zero attached hydrogens (tertiary/aromatic N) is 2. The minimum absolute atomic E-state index is 0.0414. The minimum Gasteiger partial charge on any atom is -0.454 e. The van der Waals surface area contributed by atoms with Gasteiger partial charge in [0, 0.05) is 17.5 Å². The number of amides is 2. The summed E-state index contributed by atoms with van der Waals surface area (Å²) >= 11 is 1.66. The van der Waals surface area contributed by atoms with E-state index in [9.17, 15) is 9.59 Å². The fraction of sp³-hybridized carbons (Fsp3) is 0.391. The Morgan fingerprint density at radius 2 is 1.91 bits per heavy atom. The van der Waals surface area contributed by atoms with Crippen molar-refractivity contribution in [3.63, 3.8) is 0 Å². The second-order valence-electron chi connectivity index (χ2n) is 8.17. The van der Waals surface area contributed by atoms with Crippen molar-refractivity contribution < 1.29 is 14.3 Å². The number of urea groups is 1. The van der Waals surface area contributed by atoms with Crippen molar-refractivity contribution in [1.82, 2.24) is 20.6 Å². The summed E-state index contributed by atoms with van der Waals surface area (Å²) in [5, 5.41) is 6.49. The number of carbonyl (C=O) groups is 2. The van der Waals surface area contributed by atoms with Crippen molar-refractivity contribution in [2.45, 2.75) is 58.7 Å².